The van der Waals surface area contributed by atoms with E-state index in [1.807, 2.05) is 29.2 Å². The number of carboxylic acid groups (broad SMARTS) is 1. The fraction of sp³-hybridized carbons (Fsp3) is 0.389. The molecule has 0 saturated carbocycles. The molecule has 2 aromatic rings. The summed E-state index contributed by atoms with van der Waals surface area (Å²) in [6.45, 7) is 1.18. The maximum absolute atomic E-state index is 12.1. The number of piperidine rings is 1. The number of anilines is 1. The standard InChI is InChI=1S/C18H21N3O3/c1-24-15-6-2-5-14(11-15)12-18(16(22)23)7-3-10-21(13-18)17-19-8-4-9-20-17/h2,4-6,8-9,11H,3,7,10,12-13H2,1H3,(H,22,23)/t18-/m0/s1. The normalized spacial score (nSPS) is 20.6. The first-order chi connectivity index (χ1) is 11.6. The van der Waals surface area contributed by atoms with Gasteiger partial charge in [-0.15, -0.1) is 0 Å². The Labute approximate surface area is 141 Å². The van der Waals surface area contributed by atoms with Crippen LogP contribution in [0.15, 0.2) is 42.7 Å². The van der Waals surface area contributed by atoms with Crippen LogP contribution >= 0.6 is 0 Å². The molecule has 0 unspecified atom stereocenters. The lowest BCUT2D eigenvalue weighted by Gasteiger charge is -2.40. The number of methoxy groups -OCH3 is 1. The predicted molar refractivity (Wildman–Crippen MR) is 90.2 cm³/mol. The molecule has 1 aromatic heterocycles. The minimum Gasteiger partial charge on any atom is -0.497 e. The molecule has 6 nitrogen and oxygen atoms in total. The predicted octanol–water partition coefficient (Wildman–Crippen LogP) is 2.40. The minimum absolute atomic E-state index is 0.406. The molecular weight excluding hydrogens is 306 g/mol. The quantitative estimate of drug-likeness (QED) is 0.909. The van der Waals surface area contributed by atoms with Crippen LogP contribution in [0.25, 0.3) is 0 Å². The van der Waals surface area contributed by atoms with E-state index in [9.17, 15) is 9.90 Å². The number of aliphatic carboxylic acids is 1. The van der Waals surface area contributed by atoms with Gasteiger partial charge in [0.15, 0.2) is 0 Å². The van der Waals surface area contributed by atoms with Crippen molar-refractivity contribution in [1.82, 2.24) is 9.97 Å². The molecule has 6 heteroatoms. The van der Waals surface area contributed by atoms with E-state index < -0.39 is 11.4 Å². The summed E-state index contributed by atoms with van der Waals surface area (Å²) in [6, 6.07) is 9.37. The molecule has 0 amide bonds. The van der Waals surface area contributed by atoms with Crippen LogP contribution in [0.2, 0.25) is 0 Å². The second kappa shape index (κ2) is 6.86. The summed E-state index contributed by atoms with van der Waals surface area (Å²) in [7, 11) is 1.61. The third-order valence-electron chi connectivity index (χ3n) is 4.54. The average molecular weight is 327 g/mol. The molecule has 3 rings (SSSR count). The monoisotopic (exact) mass is 327 g/mol. The third kappa shape index (κ3) is 3.32. The van der Waals surface area contributed by atoms with Gasteiger partial charge in [-0.1, -0.05) is 12.1 Å². The smallest absolute Gasteiger partial charge is 0.311 e. The van der Waals surface area contributed by atoms with Crippen molar-refractivity contribution in [2.45, 2.75) is 19.3 Å². The molecule has 0 radical (unpaired) electrons. The maximum Gasteiger partial charge on any atom is 0.311 e. The SMILES string of the molecule is COc1cccc(C[C@@]2(C(=O)O)CCCN(c3ncccn3)C2)c1. The van der Waals surface area contributed by atoms with Crippen molar-refractivity contribution in [3.05, 3.63) is 48.3 Å². The van der Waals surface area contributed by atoms with E-state index in [0.717, 1.165) is 24.3 Å². The highest BCUT2D eigenvalue weighted by Gasteiger charge is 2.43. The molecule has 0 spiro atoms. The first-order valence-corrected chi connectivity index (χ1v) is 8.01. The first kappa shape index (κ1) is 16.2. The number of benzene rings is 1. The van der Waals surface area contributed by atoms with Crippen LogP contribution in [-0.2, 0) is 11.2 Å². The molecule has 0 aliphatic carbocycles. The van der Waals surface area contributed by atoms with Gasteiger partial charge in [0, 0.05) is 25.5 Å². The molecule has 126 valence electrons. The molecule has 1 fully saturated rings. The zero-order valence-electron chi connectivity index (χ0n) is 13.7. The molecule has 1 aromatic carbocycles. The molecule has 1 atom stereocenters. The Bertz CT molecular complexity index is 708. The van der Waals surface area contributed by atoms with Gasteiger partial charge in [0.05, 0.1) is 12.5 Å². The van der Waals surface area contributed by atoms with Crippen molar-refractivity contribution >= 4 is 11.9 Å². The summed E-state index contributed by atoms with van der Waals surface area (Å²) in [5, 5.41) is 9.94. The van der Waals surface area contributed by atoms with Crippen molar-refractivity contribution in [1.29, 1.82) is 0 Å². The van der Waals surface area contributed by atoms with E-state index in [1.54, 1.807) is 25.6 Å². The Hall–Kier alpha value is -2.63. The molecule has 1 N–H and O–H groups in total. The van der Waals surface area contributed by atoms with E-state index in [2.05, 4.69) is 9.97 Å². The number of aromatic nitrogens is 2. The van der Waals surface area contributed by atoms with Gasteiger partial charge in [-0.25, -0.2) is 9.97 Å². The fourth-order valence-electron chi connectivity index (χ4n) is 3.32. The average Bonchev–Trinajstić information content (AvgIpc) is 2.62. The molecule has 24 heavy (non-hydrogen) atoms. The van der Waals surface area contributed by atoms with E-state index in [4.69, 9.17) is 4.74 Å². The minimum atomic E-state index is -0.843. The van der Waals surface area contributed by atoms with E-state index >= 15 is 0 Å². The van der Waals surface area contributed by atoms with Gasteiger partial charge >= 0.3 is 5.97 Å². The molecule has 1 aliphatic heterocycles. The van der Waals surface area contributed by atoms with Crippen molar-refractivity contribution in [3.8, 4) is 5.75 Å². The summed E-state index contributed by atoms with van der Waals surface area (Å²) < 4.78 is 5.25. The Morgan fingerprint density at radius 3 is 2.83 bits per heavy atom. The van der Waals surface area contributed by atoms with Crippen molar-refractivity contribution in [2.75, 3.05) is 25.1 Å². The van der Waals surface area contributed by atoms with Gasteiger partial charge < -0.3 is 14.7 Å². The van der Waals surface area contributed by atoms with Gasteiger partial charge in [-0.2, -0.15) is 0 Å². The number of carbonyl (C=O) groups is 1. The van der Waals surface area contributed by atoms with E-state index in [1.165, 1.54) is 0 Å². The van der Waals surface area contributed by atoms with E-state index in [0.29, 0.717) is 25.3 Å². The summed E-state index contributed by atoms with van der Waals surface area (Å²) in [5.41, 5.74) is 0.122. The Balaban J connectivity index is 1.86. The lowest BCUT2D eigenvalue weighted by molar-refractivity contribution is -0.149. The van der Waals surface area contributed by atoms with Gasteiger partial charge in [-0.3, -0.25) is 4.79 Å². The second-order valence-electron chi connectivity index (χ2n) is 6.19. The zero-order valence-corrected chi connectivity index (χ0v) is 13.7. The number of ether oxygens (including phenoxy) is 1. The zero-order chi connectivity index (χ0) is 17.0. The van der Waals surface area contributed by atoms with Crippen LogP contribution in [0.3, 0.4) is 0 Å². The highest BCUT2D eigenvalue weighted by Crippen LogP contribution is 2.35. The number of carboxylic acids is 1. The van der Waals surface area contributed by atoms with Crippen LogP contribution in [0.5, 0.6) is 5.75 Å². The number of hydrogen-bond donors (Lipinski definition) is 1. The number of nitrogens with zero attached hydrogens (tertiary/aromatic N) is 3. The Morgan fingerprint density at radius 2 is 2.12 bits per heavy atom. The lowest BCUT2D eigenvalue weighted by Crippen LogP contribution is -2.49. The number of rotatable bonds is 5. The highest BCUT2D eigenvalue weighted by molar-refractivity contribution is 5.76. The summed E-state index contributed by atoms with van der Waals surface area (Å²) in [5.74, 6) is 0.562. The van der Waals surface area contributed by atoms with Gasteiger partial charge in [0.2, 0.25) is 5.95 Å². The van der Waals surface area contributed by atoms with Crippen molar-refractivity contribution in [3.63, 3.8) is 0 Å². The van der Waals surface area contributed by atoms with Crippen LogP contribution in [0.1, 0.15) is 18.4 Å². The van der Waals surface area contributed by atoms with Crippen LogP contribution < -0.4 is 9.64 Å². The first-order valence-electron chi connectivity index (χ1n) is 8.01. The highest BCUT2D eigenvalue weighted by atomic mass is 16.5. The largest absolute Gasteiger partial charge is 0.497 e. The van der Waals surface area contributed by atoms with E-state index in [-0.39, 0.29) is 0 Å². The maximum atomic E-state index is 12.1. The Kier molecular flexibility index (Phi) is 4.64. The van der Waals surface area contributed by atoms with Crippen molar-refractivity contribution < 1.29 is 14.6 Å². The van der Waals surface area contributed by atoms with Crippen molar-refractivity contribution in [2.24, 2.45) is 5.41 Å². The molecule has 0 bridgehead atoms. The van der Waals surface area contributed by atoms with Gasteiger partial charge in [-0.05, 0) is 43.0 Å². The molecule has 1 saturated heterocycles. The Morgan fingerprint density at radius 1 is 1.33 bits per heavy atom. The van der Waals surface area contributed by atoms with Crippen LogP contribution in [0.4, 0.5) is 5.95 Å². The van der Waals surface area contributed by atoms with Gasteiger partial charge in [0.25, 0.3) is 0 Å². The summed E-state index contributed by atoms with van der Waals surface area (Å²) >= 11 is 0. The van der Waals surface area contributed by atoms with Crippen LogP contribution in [-0.4, -0.2) is 41.2 Å². The second-order valence-corrected chi connectivity index (χ2v) is 6.19. The molecule has 2 heterocycles. The summed E-state index contributed by atoms with van der Waals surface area (Å²) in [4.78, 5) is 22.6. The lowest BCUT2D eigenvalue weighted by atomic mass is 9.75. The summed E-state index contributed by atoms with van der Waals surface area (Å²) in [6.07, 6.45) is 5.27. The molecule has 1 aliphatic rings. The van der Waals surface area contributed by atoms with Gasteiger partial charge in [0.1, 0.15) is 5.75 Å². The fourth-order valence-corrected chi connectivity index (χ4v) is 3.32. The third-order valence-corrected chi connectivity index (χ3v) is 4.54. The van der Waals surface area contributed by atoms with Crippen LogP contribution in [0, 0.1) is 5.41 Å². The topological polar surface area (TPSA) is 75.6 Å². The number of hydrogen-bond acceptors (Lipinski definition) is 5. The molecular formula is C18H21N3O3.